The zero-order valence-corrected chi connectivity index (χ0v) is 12.5. The number of rotatable bonds is 3. The molecule has 4 atom stereocenters. The Morgan fingerprint density at radius 3 is 2.61 bits per heavy atom. The normalized spacial score (nSPS) is 29.5. The zero-order chi connectivity index (χ0) is 16.4. The number of sulfone groups is 1. The van der Waals surface area contributed by atoms with Crippen LogP contribution in [0, 0.1) is 5.82 Å². The lowest BCUT2D eigenvalue weighted by Gasteiger charge is -2.11. The lowest BCUT2D eigenvalue weighted by molar-refractivity contribution is 0.326. The van der Waals surface area contributed by atoms with Crippen molar-refractivity contribution in [2.24, 2.45) is 0 Å². The second kappa shape index (κ2) is 4.80. The highest BCUT2D eigenvalue weighted by atomic mass is 32.2. The summed E-state index contributed by atoms with van der Waals surface area (Å²) in [7, 11) is -3.99. The molecule has 0 bridgehead atoms. The van der Waals surface area contributed by atoms with Crippen molar-refractivity contribution in [3.63, 3.8) is 0 Å². The molecule has 5 nitrogen and oxygen atoms in total. The number of hydrogen-bond acceptors (Lipinski definition) is 4. The largest absolute Gasteiger partial charge is 0.267 e. The quantitative estimate of drug-likeness (QED) is 0.858. The van der Waals surface area contributed by atoms with Crippen LogP contribution in [0.4, 0.5) is 13.2 Å². The summed E-state index contributed by atoms with van der Waals surface area (Å²) in [6.07, 6.45) is -2.99. The van der Waals surface area contributed by atoms with Gasteiger partial charge in [-0.1, -0.05) is 12.1 Å². The number of alkyl halides is 2. The molecule has 0 radical (unpaired) electrons. The molecule has 9 heteroatoms. The van der Waals surface area contributed by atoms with Crippen molar-refractivity contribution in [2.45, 2.75) is 41.6 Å². The standard InChI is InChI=1S/C14H12F3N3O2S/c15-8-3-1-2-7(4-8)11-5-10(17)13-18-14(19-20(11)13)23(21,22)12-6-9(12)16/h1-4,9-12H,5-6H2/t9-,10-,11-,12-/m0/s1. The Labute approximate surface area is 130 Å². The Morgan fingerprint density at radius 1 is 1.22 bits per heavy atom. The van der Waals surface area contributed by atoms with E-state index < -0.39 is 44.4 Å². The molecule has 0 amide bonds. The second-order valence-corrected chi connectivity index (χ2v) is 7.87. The number of nitrogens with zero attached hydrogens (tertiary/aromatic N) is 3. The Bertz CT molecular complexity index is 883. The Morgan fingerprint density at radius 2 is 1.96 bits per heavy atom. The SMILES string of the molecule is O=S(=O)(c1nc2n(n1)[C@H](c1cccc(F)c1)C[C@@H]2F)[C@H]1C[C@@H]1F. The third-order valence-electron chi connectivity index (χ3n) is 4.19. The van der Waals surface area contributed by atoms with Gasteiger partial charge in [0.2, 0.25) is 9.84 Å². The van der Waals surface area contributed by atoms with Gasteiger partial charge in [0, 0.05) is 6.42 Å². The Kier molecular flexibility index (Phi) is 3.06. The highest BCUT2D eigenvalue weighted by molar-refractivity contribution is 7.92. The number of halogens is 3. The van der Waals surface area contributed by atoms with Crippen LogP contribution in [0.25, 0.3) is 0 Å². The molecule has 1 saturated carbocycles. The maximum Gasteiger partial charge on any atom is 0.267 e. The fraction of sp³-hybridized carbons (Fsp3) is 0.429. The molecule has 122 valence electrons. The maximum atomic E-state index is 14.2. The predicted octanol–water partition coefficient (Wildman–Crippen LogP) is 2.31. The minimum atomic E-state index is -3.99. The van der Waals surface area contributed by atoms with E-state index in [9.17, 15) is 21.6 Å². The molecule has 2 aromatic rings. The van der Waals surface area contributed by atoms with Crippen molar-refractivity contribution in [1.82, 2.24) is 14.8 Å². The summed E-state index contributed by atoms with van der Waals surface area (Å²) >= 11 is 0. The fourth-order valence-electron chi connectivity index (χ4n) is 2.87. The molecule has 1 aromatic heterocycles. The first kappa shape index (κ1) is 14.7. The van der Waals surface area contributed by atoms with Crippen LogP contribution in [0.15, 0.2) is 29.4 Å². The Balaban J connectivity index is 1.75. The number of hydrogen-bond donors (Lipinski definition) is 0. The summed E-state index contributed by atoms with van der Waals surface area (Å²) < 4.78 is 66.1. The van der Waals surface area contributed by atoms with Crippen LogP contribution >= 0.6 is 0 Å². The lowest BCUT2D eigenvalue weighted by atomic mass is 10.0. The molecule has 1 aliphatic heterocycles. The van der Waals surface area contributed by atoms with Crippen LogP contribution in [0.5, 0.6) is 0 Å². The topological polar surface area (TPSA) is 64.8 Å². The summed E-state index contributed by atoms with van der Waals surface area (Å²) in [5.41, 5.74) is 0.482. The van der Waals surface area contributed by atoms with E-state index in [1.807, 2.05) is 0 Å². The van der Waals surface area contributed by atoms with Crippen molar-refractivity contribution in [2.75, 3.05) is 0 Å². The van der Waals surface area contributed by atoms with Gasteiger partial charge in [-0.05, 0) is 24.1 Å². The molecule has 1 aliphatic carbocycles. The highest BCUT2D eigenvalue weighted by Gasteiger charge is 2.51. The average Bonchev–Trinajstić information content (AvgIpc) is 2.96. The van der Waals surface area contributed by atoms with E-state index in [-0.39, 0.29) is 18.7 Å². The van der Waals surface area contributed by atoms with E-state index in [4.69, 9.17) is 0 Å². The summed E-state index contributed by atoms with van der Waals surface area (Å²) in [6, 6.07) is 4.98. The Hall–Kier alpha value is -1.90. The van der Waals surface area contributed by atoms with E-state index in [0.717, 1.165) is 0 Å². The monoisotopic (exact) mass is 343 g/mol. The van der Waals surface area contributed by atoms with Crippen LogP contribution in [0.2, 0.25) is 0 Å². The van der Waals surface area contributed by atoms with Gasteiger partial charge in [0.15, 0.2) is 12.0 Å². The molecule has 0 saturated heterocycles. The summed E-state index contributed by atoms with van der Waals surface area (Å²) in [5.74, 6) is -0.591. The van der Waals surface area contributed by atoms with Crippen molar-refractivity contribution >= 4 is 9.84 Å². The first-order valence-electron chi connectivity index (χ1n) is 7.12. The molecule has 0 N–H and O–H groups in total. The van der Waals surface area contributed by atoms with Gasteiger partial charge >= 0.3 is 0 Å². The first-order chi connectivity index (χ1) is 10.9. The smallest absolute Gasteiger partial charge is 0.246 e. The van der Waals surface area contributed by atoms with Crippen molar-refractivity contribution in [1.29, 1.82) is 0 Å². The summed E-state index contributed by atoms with van der Waals surface area (Å²) in [6.45, 7) is 0. The second-order valence-electron chi connectivity index (χ2n) is 5.81. The van der Waals surface area contributed by atoms with Crippen LogP contribution in [-0.2, 0) is 9.84 Å². The third-order valence-corrected chi connectivity index (χ3v) is 6.15. The molecule has 2 heterocycles. The number of aromatic nitrogens is 3. The van der Waals surface area contributed by atoms with Crippen LogP contribution in [0.3, 0.4) is 0 Å². The average molecular weight is 343 g/mol. The van der Waals surface area contributed by atoms with Crippen LogP contribution in [-0.4, -0.2) is 34.6 Å². The van der Waals surface area contributed by atoms with Gasteiger partial charge in [-0.25, -0.2) is 26.3 Å². The molecule has 0 unspecified atom stereocenters. The molecular formula is C14H12F3N3O2S. The molecule has 1 aromatic carbocycles. The van der Waals surface area contributed by atoms with Crippen molar-refractivity contribution in [3.05, 3.63) is 41.5 Å². The van der Waals surface area contributed by atoms with Gasteiger partial charge in [0.05, 0.1) is 6.04 Å². The number of fused-ring (bicyclic) bond motifs is 1. The van der Waals surface area contributed by atoms with E-state index in [2.05, 4.69) is 10.1 Å². The third kappa shape index (κ3) is 2.25. The molecule has 0 spiro atoms. The molecule has 23 heavy (non-hydrogen) atoms. The van der Waals surface area contributed by atoms with Gasteiger partial charge < -0.3 is 0 Å². The van der Waals surface area contributed by atoms with Gasteiger partial charge in [-0.3, -0.25) is 0 Å². The predicted molar refractivity (Wildman–Crippen MR) is 73.5 cm³/mol. The molecule has 2 aliphatic rings. The van der Waals surface area contributed by atoms with Crippen LogP contribution in [0.1, 0.15) is 36.4 Å². The highest BCUT2D eigenvalue weighted by Crippen LogP contribution is 2.41. The van der Waals surface area contributed by atoms with Gasteiger partial charge in [0.25, 0.3) is 5.16 Å². The lowest BCUT2D eigenvalue weighted by Crippen LogP contribution is -2.14. The minimum Gasteiger partial charge on any atom is -0.246 e. The maximum absolute atomic E-state index is 14.2. The summed E-state index contributed by atoms with van der Waals surface area (Å²) in [5, 5.41) is 2.19. The van der Waals surface area contributed by atoms with Gasteiger partial charge in [0.1, 0.15) is 17.2 Å². The zero-order valence-electron chi connectivity index (χ0n) is 11.7. The van der Waals surface area contributed by atoms with Crippen molar-refractivity contribution in [3.8, 4) is 0 Å². The van der Waals surface area contributed by atoms with Gasteiger partial charge in [-0.2, -0.15) is 4.98 Å². The van der Waals surface area contributed by atoms with Crippen LogP contribution < -0.4 is 0 Å². The molecule has 4 rings (SSSR count). The molecular weight excluding hydrogens is 331 g/mol. The van der Waals surface area contributed by atoms with E-state index >= 15 is 0 Å². The van der Waals surface area contributed by atoms with E-state index in [0.29, 0.717) is 5.56 Å². The fourth-order valence-corrected chi connectivity index (χ4v) is 4.39. The number of benzene rings is 1. The van der Waals surface area contributed by atoms with E-state index in [1.165, 1.54) is 22.9 Å². The van der Waals surface area contributed by atoms with Gasteiger partial charge in [-0.15, -0.1) is 5.10 Å². The first-order valence-corrected chi connectivity index (χ1v) is 8.66. The van der Waals surface area contributed by atoms with Crippen molar-refractivity contribution < 1.29 is 21.6 Å². The van der Waals surface area contributed by atoms with E-state index in [1.54, 1.807) is 6.07 Å². The minimum absolute atomic E-state index is 0.00821. The summed E-state index contributed by atoms with van der Waals surface area (Å²) in [4.78, 5) is 3.77. The molecule has 1 fully saturated rings.